The molecule has 0 radical (unpaired) electrons. The second-order valence-electron chi connectivity index (χ2n) is 6.13. The number of nitrogens with zero attached hydrogens (tertiary/aromatic N) is 1. The summed E-state index contributed by atoms with van der Waals surface area (Å²) >= 11 is 0. The van der Waals surface area contributed by atoms with Crippen molar-refractivity contribution >= 4 is 5.97 Å². The van der Waals surface area contributed by atoms with E-state index in [1.807, 2.05) is 14.0 Å². The van der Waals surface area contributed by atoms with Gasteiger partial charge in [-0.1, -0.05) is 0 Å². The van der Waals surface area contributed by atoms with Gasteiger partial charge in [-0.05, 0) is 53.0 Å². The van der Waals surface area contributed by atoms with Crippen molar-refractivity contribution in [3.8, 4) is 0 Å². The molecule has 0 saturated heterocycles. The third-order valence-electron chi connectivity index (χ3n) is 4.03. The summed E-state index contributed by atoms with van der Waals surface area (Å²) in [4.78, 5) is 13.7. The van der Waals surface area contributed by atoms with Gasteiger partial charge in [0.15, 0.2) is 0 Å². The van der Waals surface area contributed by atoms with Gasteiger partial charge in [0.05, 0.1) is 24.2 Å². The van der Waals surface area contributed by atoms with Crippen LogP contribution in [0.4, 0.5) is 0 Å². The topological polar surface area (TPSA) is 70.0 Å². The van der Waals surface area contributed by atoms with Crippen LogP contribution in [-0.2, 0) is 9.53 Å². The molecule has 0 heterocycles. The number of aliphatic hydroxyl groups is 2. The number of carbonyl (C=O) groups is 1. The van der Waals surface area contributed by atoms with E-state index in [2.05, 4.69) is 4.90 Å². The second-order valence-corrected chi connectivity index (χ2v) is 6.13. The Kier molecular flexibility index (Phi) is 6.92. The zero-order valence-electron chi connectivity index (χ0n) is 13.0. The Balaban J connectivity index is 2.36. The number of esters is 1. The van der Waals surface area contributed by atoms with E-state index in [-0.39, 0.29) is 18.0 Å². The van der Waals surface area contributed by atoms with Crippen LogP contribution in [-0.4, -0.2) is 59.5 Å². The van der Waals surface area contributed by atoms with E-state index in [4.69, 9.17) is 4.74 Å². The molecule has 118 valence electrons. The Labute approximate surface area is 121 Å². The van der Waals surface area contributed by atoms with Crippen LogP contribution in [0.2, 0.25) is 0 Å². The normalized spacial score (nSPS) is 28.4. The first-order chi connectivity index (χ1) is 9.36. The first-order valence-corrected chi connectivity index (χ1v) is 7.62. The minimum absolute atomic E-state index is 0.0574. The molecule has 1 fully saturated rings. The molecule has 0 spiro atoms. The molecule has 0 amide bonds. The lowest BCUT2D eigenvalue weighted by atomic mass is 9.78. The molecule has 2 N–H and O–H groups in total. The standard InChI is InChI=1S/C15H29NO4/c1-4-20-14(18)13-5-8-15(19,9-6-13)11-16(3)10-7-12(2)17/h12-13,17,19H,4-11H2,1-3H3. The Bertz CT molecular complexity index is 298. The highest BCUT2D eigenvalue weighted by molar-refractivity contribution is 5.72. The van der Waals surface area contributed by atoms with Crippen molar-refractivity contribution in [2.24, 2.45) is 5.92 Å². The first kappa shape index (κ1) is 17.4. The molecule has 0 aliphatic heterocycles. The van der Waals surface area contributed by atoms with Crippen LogP contribution in [0.1, 0.15) is 46.0 Å². The molecule has 20 heavy (non-hydrogen) atoms. The predicted octanol–water partition coefficient (Wildman–Crippen LogP) is 1.17. The van der Waals surface area contributed by atoms with Crippen molar-refractivity contribution in [1.29, 1.82) is 0 Å². The fraction of sp³-hybridized carbons (Fsp3) is 0.933. The van der Waals surface area contributed by atoms with Gasteiger partial charge in [0, 0.05) is 13.1 Å². The summed E-state index contributed by atoms with van der Waals surface area (Å²) in [7, 11) is 1.96. The van der Waals surface area contributed by atoms with E-state index in [0.29, 0.717) is 45.3 Å². The van der Waals surface area contributed by atoms with Crippen molar-refractivity contribution in [2.75, 3.05) is 26.7 Å². The quantitative estimate of drug-likeness (QED) is 0.688. The number of aliphatic hydroxyl groups excluding tert-OH is 1. The Morgan fingerprint density at radius 3 is 2.55 bits per heavy atom. The van der Waals surface area contributed by atoms with Gasteiger partial charge >= 0.3 is 5.97 Å². The number of rotatable bonds is 7. The summed E-state index contributed by atoms with van der Waals surface area (Å²) in [6.07, 6.45) is 3.05. The summed E-state index contributed by atoms with van der Waals surface area (Å²) < 4.78 is 5.04. The second kappa shape index (κ2) is 7.96. The molecule has 1 rings (SSSR count). The molecule has 1 aliphatic carbocycles. The highest BCUT2D eigenvalue weighted by Crippen LogP contribution is 2.33. The van der Waals surface area contributed by atoms with Crippen LogP contribution >= 0.6 is 0 Å². The maximum Gasteiger partial charge on any atom is 0.308 e. The fourth-order valence-corrected chi connectivity index (χ4v) is 2.80. The number of hydrogen-bond donors (Lipinski definition) is 2. The van der Waals surface area contributed by atoms with Gasteiger partial charge < -0.3 is 19.8 Å². The van der Waals surface area contributed by atoms with Crippen molar-refractivity contribution in [1.82, 2.24) is 4.90 Å². The minimum atomic E-state index is -0.712. The summed E-state index contributed by atoms with van der Waals surface area (Å²) in [5.74, 6) is -0.185. The minimum Gasteiger partial charge on any atom is -0.466 e. The van der Waals surface area contributed by atoms with Gasteiger partial charge in [-0.3, -0.25) is 4.79 Å². The lowest BCUT2D eigenvalue weighted by Gasteiger charge is -2.38. The van der Waals surface area contributed by atoms with Crippen LogP contribution in [0.15, 0.2) is 0 Å². The van der Waals surface area contributed by atoms with Crippen LogP contribution < -0.4 is 0 Å². The zero-order chi connectivity index (χ0) is 15.2. The zero-order valence-corrected chi connectivity index (χ0v) is 13.0. The van der Waals surface area contributed by atoms with Crippen molar-refractivity contribution < 1.29 is 19.7 Å². The molecule has 1 atom stereocenters. The van der Waals surface area contributed by atoms with E-state index in [1.54, 1.807) is 6.92 Å². The monoisotopic (exact) mass is 287 g/mol. The summed E-state index contributed by atoms with van der Waals surface area (Å²) in [5, 5.41) is 19.9. The Morgan fingerprint density at radius 1 is 1.45 bits per heavy atom. The van der Waals surface area contributed by atoms with Gasteiger partial charge in [-0.25, -0.2) is 0 Å². The molecule has 1 aliphatic rings. The predicted molar refractivity (Wildman–Crippen MR) is 77.3 cm³/mol. The van der Waals surface area contributed by atoms with Crippen LogP contribution in [0, 0.1) is 5.92 Å². The molecule has 0 aromatic rings. The van der Waals surface area contributed by atoms with Gasteiger partial charge in [-0.2, -0.15) is 0 Å². The third-order valence-corrected chi connectivity index (χ3v) is 4.03. The SMILES string of the molecule is CCOC(=O)C1CCC(O)(CN(C)CCC(C)O)CC1. The van der Waals surface area contributed by atoms with Crippen LogP contribution in [0.3, 0.4) is 0 Å². The van der Waals surface area contributed by atoms with Crippen LogP contribution in [0.5, 0.6) is 0 Å². The highest BCUT2D eigenvalue weighted by Gasteiger charge is 2.36. The average molecular weight is 287 g/mol. The van der Waals surface area contributed by atoms with Crippen LogP contribution in [0.25, 0.3) is 0 Å². The summed E-state index contributed by atoms with van der Waals surface area (Å²) in [6, 6.07) is 0. The molecule has 0 aromatic heterocycles. The molecule has 1 saturated carbocycles. The lowest BCUT2D eigenvalue weighted by Crippen LogP contribution is -2.45. The Morgan fingerprint density at radius 2 is 2.05 bits per heavy atom. The average Bonchev–Trinajstić information content (AvgIpc) is 2.37. The van der Waals surface area contributed by atoms with Gasteiger partial charge in [0.1, 0.15) is 0 Å². The molecular formula is C15H29NO4. The fourth-order valence-electron chi connectivity index (χ4n) is 2.80. The molecule has 5 nitrogen and oxygen atoms in total. The van der Waals surface area contributed by atoms with E-state index in [9.17, 15) is 15.0 Å². The summed E-state index contributed by atoms with van der Waals surface area (Å²) in [5.41, 5.74) is -0.712. The van der Waals surface area contributed by atoms with E-state index < -0.39 is 5.60 Å². The molecule has 5 heteroatoms. The maximum absolute atomic E-state index is 11.7. The van der Waals surface area contributed by atoms with Crippen molar-refractivity contribution in [3.05, 3.63) is 0 Å². The van der Waals surface area contributed by atoms with E-state index in [0.717, 1.165) is 6.54 Å². The number of likely N-dealkylation sites (N-methyl/N-ethyl adjacent to an activating group) is 1. The van der Waals surface area contributed by atoms with Crippen molar-refractivity contribution in [2.45, 2.75) is 57.7 Å². The third kappa shape index (κ3) is 5.77. The van der Waals surface area contributed by atoms with Gasteiger partial charge in [-0.15, -0.1) is 0 Å². The van der Waals surface area contributed by atoms with E-state index in [1.165, 1.54) is 0 Å². The molecule has 1 unspecified atom stereocenters. The van der Waals surface area contributed by atoms with Gasteiger partial charge in [0.2, 0.25) is 0 Å². The maximum atomic E-state index is 11.7. The summed E-state index contributed by atoms with van der Waals surface area (Å²) in [6.45, 7) is 5.36. The largest absolute Gasteiger partial charge is 0.466 e. The van der Waals surface area contributed by atoms with Gasteiger partial charge in [0.25, 0.3) is 0 Å². The lowest BCUT2D eigenvalue weighted by molar-refractivity contribution is -0.151. The first-order valence-electron chi connectivity index (χ1n) is 7.62. The molecule has 0 bridgehead atoms. The number of ether oxygens (including phenoxy) is 1. The van der Waals surface area contributed by atoms with Crippen molar-refractivity contribution in [3.63, 3.8) is 0 Å². The molecular weight excluding hydrogens is 258 g/mol. The number of carbonyl (C=O) groups excluding carboxylic acids is 1. The highest BCUT2D eigenvalue weighted by atomic mass is 16.5. The molecule has 0 aromatic carbocycles. The smallest absolute Gasteiger partial charge is 0.308 e. The van der Waals surface area contributed by atoms with E-state index >= 15 is 0 Å². The number of hydrogen-bond acceptors (Lipinski definition) is 5. The Hall–Kier alpha value is -0.650.